The molecule has 40 heavy (non-hydrogen) atoms. The van der Waals surface area contributed by atoms with Crippen LogP contribution in [-0.2, 0) is 4.79 Å². The number of benzene rings is 3. The van der Waals surface area contributed by atoms with E-state index in [-0.39, 0.29) is 28.5 Å². The highest BCUT2D eigenvalue weighted by Crippen LogP contribution is 2.43. The van der Waals surface area contributed by atoms with Crippen molar-refractivity contribution >= 4 is 52.5 Å². The van der Waals surface area contributed by atoms with Gasteiger partial charge in [0.25, 0.3) is 0 Å². The number of urea groups is 1. The third-order valence-corrected chi connectivity index (χ3v) is 9.27. The van der Waals surface area contributed by atoms with Gasteiger partial charge >= 0.3 is 6.03 Å². The van der Waals surface area contributed by atoms with Crippen LogP contribution >= 0.6 is 23.5 Å². The molecule has 1 heterocycles. The average Bonchev–Trinajstić information content (AvgIpc) is 2.98. The second-order valence-corrected chi connectivity index (χ2v) is 11.7. The van der Waals surface area contributed by atoms with Crippen LogP contribution in [0.1, 0.15) is 13.3 Å². The molecule has 3 atom stereocenters. The van der Waals surface area contributed by atoms with E-state index in [0.29, 0.717) is 29.3 Å². The van der Waals surface area contributed by atoms with Crippen LogP contribution in [0.4, 0.5) is 21.9 Å². The average molecular weight is 574 g/mol. The van der Waals surface area contributed by atoms with Gasteiger partial charge in [-0.3, -0.25) is 9.69 Å². The Bertz CT molecular complexity index is 1440. The van der Waals surface area contributed by atoms with Crippen molar-refractivity contribution in [3.63, 3.8) is 0 Å². The number of hydrogen-bond acceptors (Lipinski definition) is 6. The molecule has 3 aromatic carbocycles. The molecular formula is C31H31N3O4S2. The minimum atomic E-state index is -0.339. The highest BCUT2D eigenvalue weighted by molar-refractivity contribution is 8.00. The molecule has 0 spiro atoms. The molecular weight excluding hydrogens is 542 g/mol. The topological polar surface area (TPSA) is 79.9 Å². The van der Waals surface area contributed by atoms with E-state index in [1.807, 2.05) is 66.4 Å². The van der Waals surface area contributed by atoms with Crippen molar-refractivity contribution in [3.05, 3.63) is 91.0 Å². The van der Waals surface area contributed by atoms with Crippen LogP contribution in [0.3, 0.4) is 0 Å². The van der Waals surface area contributed by atoms with Crippen LogP contribution in [0.15, 0.2) is 101 Å². The van der Waals surface area contributed by atoms with E-state index >= 15 is 0 Å². The SMILES string of the molecule is CCC(Sc1cccc(NC(=O)N2c3ccccc3SC3C=CC=CC32)c1)C(=O)Nc1cc(OC)cc(OC)c1. The Morgan fingerprint density at radius 1 is 0.925 bits per heavy atom. The maximum Gasteiger partial charge on any atom is 0.326 e. The predicted molar refractivity (Wildman–Crippen MR) is 164 cm³/mol. The van der Waals surface area contributed by atoms with Crippen LogP contribution in [0.25, 0.3) is 0 Å². The summed E-state index contributed by atoms with van der Waals surface area (Å²) in [5, 5.41) is 5.88. The molecule has 0 saturated heterocycles. The Morgan fingerprint density at radius 3 is 2.42 bits per heavy atom. The molecule has 9 heteroatoms. The summed E-state index contributed by atoms with van der Waals surface area (Å²) in [7, 11) is 3.14. The molecule has 7 nitrogen and oxygen atoms in total. The minimum absolute atomic E-state index is 0.0779. The van der Waals surface area contributed by atoms with Gasteiger partial charge < -0.3 is 20.1 Å². The normalized spacial score (nSPS) is 17.8. The van der Waals surface area contributed by atoms with Crippen LogP contribution in [-0.4, -0.2) is 42.7 Å². The number of anilines is 3. The summed E-state index contributed by atoms with van der Waals surface area (Å²) in [5.74, 6) is 1.07. The molecule has 0 bridgehead atoms. The molecule has 3 unspecified atom stereocenters. The number of para-hydroxylation sites is 1. The van der Waals surface area contributed by atoms with Crippen molar-refractivity contribution < 1.29 is 19.1 Å². The molecule has 2 aliphatic rings. The summed E-state index contributed by atoms with van der Waals surface area (Å²) in [4.78, 5) is 30.6. The third-order valence-electron chi connectivity index (χ3n) is 6.61. The quantitative estimate of drug-likeness (QED) is 0.277. The fourth-order valence-corrected chi connectivity index (χ4v) is 6.92. The Hall–Kier alpha value is -3.82. The largest absolute Gasteiger partial charge is 0.497 e. The zero-order valence-electron chi connectivity index (χ0n) is 22.5. The maximum absolute atomic E-state index is 13.6. The van der Waals surface area contributed by atoms with Crippen LogP contribution in [0.5, 0.6) is 11.5 Å². The number of allylic oxidation sites excluding steroid dienone is 2. The third kappa shape index (κ3) is 6.16. The number of nitrogens with one attached hydrogen (secondary N) is 2. The fraction of sp³-hybridized carbons (Fsp3) is 0.226. The lowest BCUT2D eigenvalue weighted by Crippen LogP contribution is -2.49. The molecule has 1 aliphatic carbocycles. The molecule has 5 rings (SSSR count). The molecule has 2 N–H and O–H groups in total. The number of methoxy groups -OCH3 is 2. The Morgan fingerprint density at radius 2 is 1.68 bits per heavy atom. The van der Waals surface area contributed by atoms with Gasteiger partial charge in [-0.25, -0.2) is 4.79 Å². The summed E-state index contributed by atoms with van der Waals surface area (Å²) in [6.07, 6.45) is 8.86. The van der Waals surface area contributed by atoms with Crippen molar-refractivity contribution in [2.24, 2.45) is 0 Å². The number of rotatable bonds is 8. The number of fused-ring (bicyclic) bond motifs is 2. The number of thioether (sulfide) groups is 2. The van der Waals surface area contributed by atoms with E-state index in [1.54, 1.807) is 44.2 Å². The van der Waals surface area contributed by atoms with Crippen molar-refractivity contribution in [3.8, 4) is 11.5 Å². The van der Waals surface area contributed by atoms with Gasteiger partial charge in [-0.05, 0) is 36.8 Å². The lowest BCUT2D eigenvalue weighted by Gasteiger charge is -2.40. The highest BCUT2D eigenvalue weighted by atomic mass is 32.2. The molecule has 206 valence electrons. The fourth-order valence-electron chi connectivity index (χ4n) is 4.64. The standard InChI is InChI=1S/C31H31N3O4S2/c1-4-27(30(35)32-21-16-22(37-2)19-23(17-21)38-3)39-24-11-9-10-20(18-24)33-31(36)34-25-12-5-7-14-28(25)40-29-15-8-6-13-26(29)34/h5-19,25,27-28H,4H2,1-3H3,(H,32,35)(H,33,36). The Balaban J connectivity index is 1.30. The monoisotopic (exact) mass is 573 g/mol. The van der Waals surface area contributed by atoms with Gasteiger partial charge in [0.2, 0.25) is 5.91 Å². The van der Waals surface area contributed by atoms with Crippen LogP contribution in [0.2, 0.25) is 0 Å². The summed E-state index contributed by atoms with van der Waals surface area (Å²) in [5.41, 5.74) is 2.17. The number of hydrogen-bond donors (Lipinski definition) is 2. The van der Waals surface area contributed by atoms with Gasteiger partial charge in [0, 0.05) is 39.4 Å². The van der Waals surface area contributed by atoms with Gasteiger partial charge in [0.1, 0.15) is 11.5 Å². The van der Waals surface area contributed by atoms with Crippen molar-refractivity contribution in [1.82, 2.24) is 0 Å². The Kier molecular flexibility index (Phi) is 8.72. The number of carbonyl (C=O) groups is 2. The summed E-state index contributed by atoms with van der Waals surface area (Å²) in [6.45, 7) is 1.98. The highest BCUT2D eigenvalue weighted by Gasteiger charge is 2.36. The molecule has 3 aromatic rings. The van der Waals surface area contributed by atoms with Gasteiger partial charge in [-0.15, -0.1) is 23.5 Å². The van der Waals surface area contributed by atoms with Crippen molar-refractivity contribution in [1.29, 1.82) is 0 Å². The first-order valence-corrected chi connectivity index (χ1v) is 14.8. The molecule has 0 radical (unpaired) electrons. The summed E-state index contributed by atoms with van der Waals surface area (Å²) >= 11 is 3.23. The van der Waals surface area contributed by atoms with E-state index in [0.717, 1.165) is 15.5 Å². The van der Waals surface area contributed by atoms with Crippen molar-refractivity contribution in [2.45, 2.75) is 39.7 Å². The van der Waals surface area contributed by atoms with Crippen LogP contribution < -0.4 is 25.0 Å². The lowest BCUT2D eigenvalue weighted by atomic mass is 10.1. The molecule has 3 amide bonds. The van der Waals surface area contributed by atoms with Gasteiger partial charge in [-0.1, -0.05) is 49.4 Å². The predicted octanol–water partition coefficient (Wildman–Crippen LogP) is 7.22. The summed E-state index contributed by atoms with van der Waals surface area (Å²) in [6, 6.07) is 20.6. The van der Waals surface area contributed by atoms with Crippen LogP contribution in [0, 0.1) is 0 Å². The first-order valence-electron chi connectivity index (χ1n) is 13.0. The maximum atomic E-state index is 13.6. The van der Waals surface area contributed by atoms with E-state index in [4.69, 9.17) is 9.47 Å². The zero-order chi connectivity index (χ0) is 28.1. The smallest absolute Gasteiger partial charge is 0.326 e. The number of carbonyl (C=O) groups excluding carboxylic acids is 2. The molecule has 0 saturated carbocycles. The van der Waals surface area contributed by atoms with E-state index in [1.165, 1.54) is 11.8 Å². The van der Waals surface area contributed by atoms with E-state index < -0.39 is 0 Å². The minimum Gasteiger partial charge on any atom is -0.497 e. The zero-order valence-corrected chi connectivity index (χ0v) is 24.1. The number of nitrogens with zero attached hydrogens (tertiary/aromatic N) is 1. The van der Waals surface area contributed by atoms with Gasteiger partial charge in [-0.2, -0.15) is 0 Å². The number of ether oxygens (including phenoxy) is 2. The van der Waals surface area contributed by atoms with Gasteiger partial charge in [0.15, 0.2) is 0 Å². The first kappa shape index (κ1) is 27.7. The first-order chi connectivity index (χ1) is 19.5. The lowest BCUT2D eigenvalue weighted by molar-refractivity contribution is -0.115. The Labute approximate surface area is 243 Å². The molecule has 0 aromatic heterocycles. The van der Waals surface area contributed by atoms with E-state index in [9.17, 15) is 9.59 Å². The molecule has 1 aliphatic heterocycles. The number of amides is 3. The van der Waals surface area contributed by atoms with Crippen molar-refractivity contribution in [2.75, 3.05) is 29.8 Å². The van der Waals surface area contributed by atoms with Gasteiger partial charge in [0.05, 0.1) is 36.4 Å². The second-order valence-electron chi connectivity index (χ2n) is 9.24. The summed E-state index contributed by atoms with van der Waals surface area (Å²) < 4.78 is 10.6. The second kappa shape index (κ2) is 12.6. The van der Waals surface area contributed by atoms with E-state index in [2.05, 4.69) is 28.9 Å². The molecule has 0 fully saturated rings.